The highest BCUT2D eigenvalue weighted by atomic mass is 16.5. The summed E-state index contributed by atoms with van der Waals surface area (Å²) in [5.74, 6) is 0. The Labute approximate surface area is 97.1 Å². The van der Waals surface area contributed by atoms with Crippen LogP contribution in [0.2, 0.25) is 0 Å². The Morgan fingerprint density at radius 1 is 1.38 bits per heavy atom. The van der Waals surface area contributed by atoms with E-state index in [9.17, 15) is 0 Å². The Bertz CT molecular complexity index is 459. The molecule has 84 valence electrons. The van der Waals surface area contributed by atoms with Crippen molar-refractivity contribution in [3.8, 4) is 0 Å². The fourth-order valence-electron chi connectivity index (χ4n) is 3.30. The lowest BCUT2D eigenvalue weighted by molar-refractivity contribution is 0.185. The number of benzene rings is 1. The lowest BCUT2D eigenvalue weighted by Gasteiger charge is -2.29. The summed E-state index contributed by atoms with van der Waals surface area (Å²) in [7, 11) is 1.76. The molecule has 16 heavy (non-hydrogen) atoms. The summed E-state index contributed by atoms with van der Waals surface area (Å²) in [5, 5.41) is 0. The second-order valence-corrected chi connectivity index (χ2v) is 5.32. The summed E-state index contributed by atoms with van der Waals surface area (Å²) in [6.45, 7) is 3.13. The Morgan fingerprint density at radius 2 is 2.25 bits per heavy atom. The maximum atomic E-state index is 5.23. The molecular formula is C15H18O. The fraction of sp³-hybridized carbons (Fsp3) is 0.467. The minimum atomic E-state index is 0.408. The summed E-state index contributed by atoms with van der Waals surface area (Å²) < 4.78 is 5.23. The highest BCUT2D eigenvalue weighted by Crippen LogP contribution is 2.46. The van der Waals surface area contributed by atoms with E-state index in [-0.39, 0.29) is 0 Å². The van der Waals surface area contributed by atoms with Gasteiger partial charge in [0.2, 0.25) is 0 Å². The molecule has 1 heteroatoms. The van der Waals surface area contributed by atoms with Crippen LogP contribution in [0.3, 0.4) is 0 Å². The minimum absolute atomic E-state index is 0.408. The first kappa shape index (κ1) is 10.1. The lowest BCUT2D eigenvalue weighted by atomic mass is 9.75. The van der Waals surface area contributed by atoms with Crippen LogP contribution in [0.1, 0.15) is 42.0 Å². The van der Waals surface area contributed by atoms with Crippen LogP contribution in [-0.2, 0) is 23.2 Å². The maximum Gasteiger partial charge on any atom is 0.0713 e. The van der Waals surface area contributed by atoms with E-state index in [0.717, 1.165) is 6.61 Å². The Morgan fingerprint density at radius 3 is 3.06 bits per heavy atom. The van der Waals surface area contributed by atoms with Gasteiger partial charge < -0.3 is 4.74 Å². The fourth-order valence-corrected chi connectivity index (χ4v) is 3.30. The molecule has 1 atom stereocenters. The molecule has 0 fully saturated rings. The van der Waals surface area contributed by atoms with Crippen molar-refractivity contribution in [2.75, 3.05) is 7.11 Å². The van der Waals surface area contributed by atoms with Crippen LogP contribution in [-0.4, -0.2) is 7.11 Å². The summed E-state index contributed by atoms with van der Waals surface area (Å²) in [6, 6.07) is 4.63. The van der Waals surface area contributed by atoms with Crippen LogP contribution in [0.25, 0.3) is 6.08 Å². The molecule has 0 aromatic heterocycles. The van der Waals surface area contributed by atoms with Gasteiger partial charge in [0.25, 0.3) is 0 Å². The second kappa shape index (κ2) is 3.46. The van der Waals surface area contributed by atoms with Crippen LogP contribution in [0, 0.1) is 0 Å². The van der Waals surface area contributed by atoms with Crippen LogP contribution in [0.4, 0.5) is 0 Å². The van der Waals surface area contributed by atoms with Gasteiger partial charge in [0, 0.05) is 7.11 Å². The van der Waals surface area contributed by atoms with Gasteiger partial charge >= 0.3 is 0 Å². The Kier molecular flexibility index (Phi) is 2.18. The molecule has 1 aromatic carbocycles. The zero-order valence-electron chi connectivity index (χ0n) is 10.0. The van der Waals surface area contributed by atoms with Gasteiger partial charge in [-0.25, -0.2) is 0 Å². The van der Waals surface area contributed by atoms with Crippen molar-refractivity contribution in [1.29, 1.82) is 0 Å². The first-order valence-electron chi connectivity index (χ1n) is 6.05. The normalized spacial score (nSPS) is 25.9. The predicted molar refractivity (Wildman–Crippen MR) is 66.5 cm³/mol. The number of allylic oxidation sites excluding steroid dienone is 1. The zero-order chi connectivity index (χ0) is 11.2. The third-order valence-electron chi connectivity index (χ3n) is 4.04. The number of rotatable bonds is 2. The van der Waals surface area contributed by atoms with Crippen molar-refractivity contribution in [3.63, 3.8) is 0 Å². The smallest absolute Gasteiger partial charge is 0.0713 e. The Hall–Kier alpha value is -1.08. The number of methoxy groups -OCH3 is 1. The van der Waals surface area contributed by atoms with Crippen molar-refractivity contribution in [2.45, 2.75) is 38.2 Å². The topological polar surface area (TPSA) is 9.23 Å². The van der Waals surface area contributed by atoms with Crippen LogP contribution in [0.15, 0.2) is 18.2 Å². The summed E-state index contributed by atoms with van der Waals surface area (Å²) in [5.41, 5.74) is 6.31. The van der Waals surface area contributed by atoms with Crippen molar-refractivity contribution in [3.05, 3.63) is 40.5 Å². The van der Waals surface area contributed by atoms with Crippen molar-refractivity contribution in [2.24, 2.45) is 0 Å². The number of hydrogen-bond acceptors (Lipinski definition) is 1. The van der Waals surface area contributed by atoms with Crippen LogP contribution >= 0.6 is 0 Å². The standard InChI is InChI=1S/C15H18O/c1-15-6-3-4-12-8-11(10-16-2)9-13(5-7-15)14(12)15/h3-4,8-9H,5-7,10H2,1-2H3. The molecule has 1 aromatic rings. The molecule has 2 aliphatic carbocycles. The van der Waals surface area contributed by atoms with E-state index in [1.54, 1.807) is 18.2 Å². The summed E-state index contributed by atoms with van der Waals surface area (Å²) in [4.78, 5) is 0. The number of aryl methyl sites for hydroxylation is 1. The third kappa shape index (κ3) is 1.35. The molecule has 3 rings (SSSR count). The first-order valence-corrected chi connectivity index (χ1v) is 6.05. The molecule has 0 spiro atoms. The lowest BCUT2D eigenvalue weighted by Crippen LogP contribution is -2.20. The molecule has 1 unspecified atom stereocenters. The van der Waals surface area contributed by atoms with Gasteiger partial charge in [-0.3, -0.25) is 0 Å². The van der Waals surface area contributed by atoms with Gasteiger partial charge in [-0.05, 0) is 53.0 Å². The molecule has 0 N–H and O–H groups in total. The third-order valence-corrected chi connectivity index (χ3v) is 4.04. The zero-order valence-corrected chi connectivity index (χ0v) is 10.0. The molecular weight excluding hydrogens is 196 g/mol. The number of hydrogen-bond donors (Lipinski definition) is 0. The molecule has 2 aliphatic rings. The Balaban J connectivity index is 2.16. The maximum absolute atomic E-state index is 5.23. The van der Waals surface area contributed by atoms with E-state index < -0.39 is 0 Å². The van der Waals surface area contributed by atoms with Gasteiger partial charge in [0.15, 0.2) is 0 Å². The van der Waals surface area contributed by atoms with Gasteiger partial charge in [0.05, 0.1) is 6.61 Å². The van der Waals surface area contributed by atoms with Crippen molar-refractivity contribution >= 4 is 6.08 Å². The largest absolute Gasteiger partial charge is 0.380 e. The monoisotopic (exact) mass is 214 g/mol. The molecule has 0 saturated carbocycles. The SMILES string of the molecule is COCc1cc2c3c(c1)CCC3(C)CC=C2. The molecule has 0 amide bonds. The molecule has 1 nitrogen and oxygen atoms in total. The van der Waals surface area contributed by atoms with E-state index >= 15 is 0 Å². The first-order chi connectivity index (χ1) is 7.73. The highest BCUT2D eigenvalue weighted by molar-refractivity contribution is 5.64. The highest BCUT2D eigenvalue weighted by Gasteiger charge is 2.36. The molecule has 0 saturated heterocycles. The van der Waals surface area contributed by atoms with E-state index in [2.05, 4.69) is 31.2 Å². The van der Waals surface area contributed by atoms with Gasteiger partial charge in [-0.1, -0.05) is 25.1 Å². The predicted octanol–water partition coefficient (Wildman–Crippen LogP) is 3.45. The van der Waals surface area contributed by atoms with Gasteiger partial charge in [-0.2, -0.15) is 0 Å². The average Bonchev–Trinajstić information content (AvgIpc) is 2.58. The van der Waals surface area contributed by atoms with E-state index in [0.29, 0.717) is 5.41 Å². The summed E-state index contributed by atoms with van der Waals surface area (Å²) >= 11 is 0. The molecule has 0 bridgehead atoms. The number of ether oxygens (including phenoxy) is 1. The van der Waals surface area contributed by atoms with E-state index in [1.165, 1.54) is 30.4 Å². The van der Waals surface area contributed by atoms with E-state index in [1.807, 2.05) is 0 Å². The van der Waals surface area contributed by atoms with E-state index in [4.69, 9.17) is 4.74 Å². The quantitative estimate of drug-likeness (QED) is 0.732. The average molecular weight is 214 g/mol. The minimum Gasteiger partial charge on any atom is -0.380 e. The summed E-state index contributed by atoms with van der Waals surface area (Å²) in [6.07, 6.45) is 8.35. The van der Waals surface area contributed by atoms with Gasteiger partial charge in [0.1, 0.15) is 0 Å². The van der Waals surface area contributed by atoms with Gasteiger partial charge in [-0.15, -0.1) is 0 Å². The molecule has 0 aliphatic heterocycles. The van der Waals surface area contributed by atoms with Crippen LogP contribution < -0.4 is 0 Å². The molecule has 0 radical (unpaired) electrons. The molecule has 0 heterocycles. The second-order valence-electron chi connectivity index (χ2n) is 5.32. The van der Waals surface area contributed by atoms with Crippen molar-refractivity contribution < 1.29 is 4.74 Å². The van der Waals surface area contributed by atoms with Crippen LogP contribution in [0.5, 0.6) is 0 Å². The van der Waals surface area contributed by atoms with Crippen molar-refractivity contribution in [1.82, 2.24) is 0 Å².